The maximum Gasteiger partial charge on any atom is 0.243 e. The first kappa shape index (κ1) is 23.8. The lowest BCUT2D eigenvalue weighted by Crippen LogP contribution is -2.62. The molecule has 3 aliphatic rings. The number of piperazine rings is 1. The summed E-state index contributed by atoms with van der Waals surface area (Å²) >= 11 is 5.74. The second kappa shape index (κ2) is 9.88. The van der Waals surface area contributed by atoms with Crippen LogP contribution in [0.1, 0.15) is 38.4 Å². The van der Waals surface area contributed by atoms with Crippen LogP contribution in [-0.4, -0.2) is 80.7 Å². The van der Waals surface area contributed by atoms with E-state index in [1.807, 2.05) is 14.0 Å². The Bertz CT molecular complexity index is 937. The summed E-state index contributed by atoms with van der Waals surface area (Å²) < 4.78 is 34.0. The highest BCUT2D eigenvalue weighted by Gasteiger charge is 2.46. The zero-order valence-electron chi connectivity index (χ0n) is 18.9. The van der Waals surface area contributed by atoms with Crippen LogP contribution in [0, 0.1) is 0 Å². The number of hydrogen-bond acceptors (Lipinski definition) is 8. The third kappa shape index (κ3) is 4.52. The standard InChI is InChI=1S/C21H34N6O3S2/c1-4-6-16-18-19(26(3)25-16)21(31)24-20(23-18)15-13-14(7-8-17(15)30-5-2)32(28,29)27-11-9-22-10-12-27/h7-8,13,16,18-20,22-23,25H,4-6,9-12H2,1-3H3,(H,24,31). The van der Waals surface area contributed by atoms with E-state index in [2.05, 4.69) is 33.3 Å². The number of ether oxygens (including phenoxy) is 1. The molecule has 178 valence electrons. The molecule has 0 saturated carbocycles. The summed E-state index contributed by atoms with van der Waals surface area (Å²) in [5.41, 5.74) is 4.28. The molecule has 0 spiro atoms. The van der Waals surface area contributed by atoms with Gasteiger partial charge in [0.2, 0.25) is 10.0 Å². The molecule has 3 fully saturated rings. The van der Waals surface area contributed by atoms with Gasteiger partial charge in [0.25, 0.3) is 0 Å². The maximum atomic E-state index is 13.3. The van der Waals surface area contributed by atoms with Crippen LogP contribution in [0.2, 0.25) is 0 Å². The van der Waals surface area contributed by atoms with Crippen molar-refractivity contribution in [2.75, 3.05) is 39.8 Å². The van der Waals surface area contributed by atoms with Gasteiger partial charge < -0.3 is 15.4 Å². The number of fused-ring (bicyclic) bond motifs is 1. The number of thiocarbonyl (C=S) groups is 1. The minimum Gasteiger partial charge on any atom is -0.493 e. The summed E-state index contributed by atoms with van der Waals surface area (Å²) in [6, 6.07) is 5.54. The molecule has 4 unspecified atom stereocenters. The summed E-state index contributed by atoms with van der Waals surface area (Å²) in [6.45, 7) is 6.83. The van der Waals surface area contributed by atoms with Crippen LogP contribution in [-0.2, 0) is 10.0 Å². The van der Waals surface area contributed by atoms with Crippen molar-refractivity contribution in [1.29, 1.82) is 0 Å². The van der Waals surface area contributed by atoms with Crippen LogP contribution in [0.4, 0.5) is 0 Å². The van der Waals surface area contributed by atoms with E-state index in [9.17, 15) is 8.42 Å². The number of likely N-dealkylation sites (N-methyl/N-ethyl adjacent to an activating group) is 1. The highest BCUT2D eigenvalue weighted by Crippen LogP contribution is 2.33. The molecule has 4 atom stereocenters. The summed E-state index contributed by atoms with van der Waals surface area (Å²) in [5.74, 6) is 0.657. The molecule has 1 aromatic rings. The number of nitrogens with one attached hydrogen (secondary N) is 4. The van der Waals surface area contributed by atoms with Crippen LogP contribution in [0.5, 0.6) is 5.75 Å². The quantitative estimate of drug-likeness (QED) is 0.416. The molecule has 3 heterocycles. The Morgan fingerprint density at radius 3 is 2.66 bits per heavy atom. The zero-order valence-corrected chi connectivity index (χ0v) is 20.6. The van der Waals surface area contributed by atoms with E-state index in [0.29, 0.717) is 38.5 Å². The van der Waals surface area contributed by atoms with Crippen molar-refractivity contribution in [1.82, 2.24) is 30.7 Å². The number of hydrazine groups is 1. The predicted molar refractivity (Wildman–Crippen MR) is 128 cm³/mol. The van der Waals surface area contributed by atoms with Gasteiger partial charge in [-0.3, -0.25) is 10.7 Å². The molecule has 0 bridgehead atoms. The van der Waals surface area contributed by atoms with Gasteiger partial charge in [-0.25, -0.2) is 13.4 Å². The van der Waals surface area contributed by atoms with E-state index in [1.165, 1.54) is 0 Å². The molecular formula is C21H34N6O3S2. The van der Waals surface area contributed by atoms with E-state index < -0.39 is 10.0 Å². The van der Waals surface area contributed by atoms with Gasteiger partial charge in [-0.2, -0.15) is 4.31 Å². The van der Waals surface area contributed by atoms with Crippen LogP contribution in [0.3, 0.4) is 0 Å². The molecule has 11 heteroatoms. The first-order valence-corrected chi connectivity index (χ1v) is 13.2. The molecule has 0 amide bonds. The highest BCUT2D eigenvalue weighted by molar-refractivity contribution is 7.89. The number of benzene rings is 1. The van der Waals surface area contributed by atoms with Crippen molar-refractivity contribution in [3.8, 4) is 5.75 Å². The fraction of sp³-hybridized carbons (Fsp3) is 0.667. The monoisotopic (exact) mass is 482 g/mol. The summed E-state index contributed by atoms with van der Waals surface area (Å²) in [4.78, 5) is 1.02. The first-order valence-electron chi connectivity index (χ1n) is 11.4. The summed E-state index contributed by atoms with van der Waals surface area (Å²) in [6.07, 6.45) is 1.74. The lowest BCUT2D eigenvalue weighted by atomic mass is 9.95. The average molecular weight is 483 g/mol. The van der Waals surface area contributed by atoms with Crippen LogP contribution in [0.15, 0.2) is 23.1 Å². The van der Waals surface area contributed by atoms with E-state index in [-0.39, 0.29) is 29.2 Å². The molecule has 32 heavy (non-hydrogen) atoms. The minimum absolute atomic E-state index is 0.0427. The Morgan fingerprint density at radius 1 is 1.22 bits per heavy atom. The van der Waals surface area contributed by atoms with Gasteiger partial charge in [-0.1, -0.05) is 25.6 Å². The molecule has 4 rings (SSSR count). The minimum atomic E-state index is -3.59. The molecule has 3 saturated heterocycles. The Kier molecular flexibility index (Phi) is 7.35. The molecule has 4 N–H and O–H groups in total. The van der Waals surface area contributed by atoms with Crippen LogP contribution >= 0.6 is 12.2 Å². The van der Waals surface area contributed by atoms with E-state index >= 15 is 0 Å². The molecular weight excluding hydrogens is 448 g/mol. The number of rotatable bonds is 7. The molecule has 0 radical (unpaired) electrons. The molecule has 0 aromatic heterocycles. The van der Waals surface area contributed by atoms with Gasteiger partial charge in [0.1, 0.15) is 11.9 Å². The number of sulfonamides is 1. The normalized spacial score (nSPS) is 29.5. The van der Waals surface area contributed by atoms with Crippen LogP contribution in [0.25, 0.3) is 0 Å². The molecule has 9 nitrogen and oxygen atoms in total. The largest absolute Gasteiger partial charge is 0.493 e. The topological polar surface area (TPSA) is 98.0 Å². The van der Waals surface area contributed by atoms with Crippen molar-refractivity contribution >= 4 is 27.2 Å². The van der Waals surface area contributed by atoms with Crippen molar-refractivity contribution in [2.45, 2.75) is 55.9 Å². The third-order valence-corrected chi connectivity index (χ3v) is 8.63. The second-order valence-electron chi connectivity index (χ2n) is 8.50. The lowest BCUT2D eigenvalue weighted by Gasteiger charge is -2.38. The van der Waals surface area contributed by atoms with Gasteiger partial charge >= 0.3 is 0 Å². The summed E-state index contributed by atoms with van der Waals surface area (Å²) in [5, 5.41) is 12.3. The van der Waals surface area contributed by atoms with E-state index in [1.54, 1.807) is 22.5 Å². The third-order valence-electron chi connectivity index (χ3n) is 6.38. The Labute approximate surface area is 196 Å². The maximum absolute atomic E-state index is 13.3. The highest BCUT2D eigenvalue weighted by atomic mass is 32.2. The number of nitrogens with zero attached hydrogens (tertiary/aromatic N) is 2. The molecule has 1 aromatic carbocycles. The smallest absolute Gasteiger partial charge is 0.243 e. The van der Waals surface area contributed by atoms with Crippen molar-refractivity contribution in [2.24, 2.45) is 0 Å². The van der Waals surface area contributed by atoms with Crippen molar-refractivity contribution in [3.05, 3.63) is 23.8 Å². The number of hydrogen-bond donors (Lipinski definition) is 4. The van der Waals surface area contributed by atoms with Gasteiger partial charge in [0.05, 0.1) is 22.5 Å². The first-order chi connectivity index (χ1) is 15.4. The van der Waals surface area contributed by atoms with Crippen LogP contribution < -0.4 is 26.1 Å². The van der Waals surface area contributed by atoms with Gasteiger partial charge in [0, 0.05) is 50.9 Å². The SMILES string of the molecule is CCCC1NN(C)C2C(=S)NC(c3cc(S(=O)(=O)N4CCNCC4)ccc3OCC)NC12. The summed E-state index contributed by atoms with van der Waals surface area (Å²) in [7, 11) is -1.58. The van der Waals surface area contributed by atoms with E-state index in [0.717, 1.165) is 23.4 Å². The van der Waals surface area contributed by atoms with Gasteiger partial charge in [0.15, 0.2) is 0 Å². The average Bonchev–Trinajstić information content (AvgIpc) is 3.10. The molecule has 3 aliphatic heterocycles. The fourth-order valence-electron chi connectivity index (χ4n) is 4.85. The Balaban J connectivity index is 1.67. The van der Waals surface area contributed by atoms with E-state index in [4.69, 9.17) is 17.0 Å². The van der Waals surface area contributed by atoms with Gasteiger partial charge in [-0.15, -0.1) is 0 Å². The predicted octanol–water partition coefficient (Wildman–Crippen LogP) is 0.554. The zero-order chi connectivity index (χ0) is 22.9. The van der Waals surface area contributed by atoms with Crippen molar-refractivity contribution in [3.63, 3.8) is 0 Å². The Morgan fingerprint density at radius 2 is 1.97 bits per heavy atom. The second-order valence-corrected chi connectivity index (χ2v) is 10.9. The van der Waals surface area contributed by atoms with Crippen molar-refractivity contribution < 1.29 is 13.2 Å². The Hall–Kier alpha value is -1.34. The molecule has 0 aliphatic carbocycles. The van der Waals surface area contributed by atoms with Gasteiger partial charge in [-0.05, 0) is 31.5 Å². The fourth-order valence-corrected chi connectivity index (χ4v) is 6.75. The lowest BCUT2D eigenvalue weighted by molar-refractivity contribution is 0.248.